The summed E-state index contributed by atoms with van der Waals surface area (Å²) >= 11 is 2.92. The number of aromatic hydroxyl groups is 3. The number of nitrogens with one attached hydrogen (secondary N) is 2. The van der Waals surface area contributed by atoms with Gasteiger partial charge in [0.05, 0.1) is 75.2 Å². The van der Waals surface area contributed by atoms with Crippen LogP contribution in [0.5, 0.6) is 80.5 Å². The van der Waals surface area contributed by atoms with Crippen LogP contribution in [0.3, 0.4) is 0 Å². The highest BCUT2D eigenvalue weighted by Crippen LogP contribution is 2.68. The van der Waals surface area contributed by atoms with Crippen molar-refractivity contribution in [1.82, 2.24) is 30.2 Å². The Hall–Kier alpha value is -11.5. The third-order valence-corrected chi connectivity index (χ3v) is 32.0. The Morgan fingerprint density at radius 3 is 1.34 bits per heavy atom. The van der Waals surface area contributed by atoms with Crippen molar-refractivity contribution in [3.8, 4) is 92.6 Å². The first-order valence-electron chi connectivity index (χ1n) is 48.8. The molecule has 14 aliphatic heterocycles. The van der Waals surface area contributed by atoms with E-state index >= 15 is 4.79 Å². The van der Waals surface area contributed by atoms with Gasteiger partial charge in [0.25, 0.3) is 0 Å². The van der Waals surface area contributed by atoms with E-state index in [0.29, 0.717) is 161 Å². The van der Waals surface area contributed by atoms with Crippen LogP contribution in [0, 0.1) is 50.4 Å². The molecular formula is C106H130N8O25S2. The zero-order valence-corrected chi connectivity index (χ0v) is 84.8. The van der Waals surface area contributed by atoms with Crippen LogP contribution in [0.2, 0.25) is 0 Å². The predicted octanol–water partition coefficient (Wildman–Crippen LogP) is 16.9. The van der Waals surface area contributed by atoms with Gasteiger partial charge in [-0.25, -0.2) is 19.2 Å². The van der Waals surface area contributed by atoms with Gasteiger partial charge in [0.15, 0.2) is 80.1 Å². The molecule has 14 aliphatic rings. The molecule has 20 rings (SSSR count). The molecule has 0 radical (unpaired) electrons. The van der Waals surface area contributed by atoms with Crippen LogP contribution in [0.25, 0.3) is 0 Å². The fraction of sp³-hybridized carbons (Fsp3) is 0.547. The molecule has 4 saturated heterocycles. The minimum Gasteiger partial charge on any atom is -0.507 e. The Morgan fingerprint density at radius 2 is 0.929 bits per heavy atom. The van der Waals surface area contributed by atoms with Crippen molar-refractivity contribution in [1.29, 1.82) is 10.5 Å². The van der Waals surface area contributed by atoms with Crippen LogP contribution in [0.4, 0.5) is 9.59 Å². The Kier molecular flexibility index (Phi) is 30.3. The molecule has 0 aliphatic carbocycles. The molecule has 14 atom stereocenters. The molecule has 0 saturated carbocycles. The van der Waals surface area contributed by atoms with Gasteiger partial charge in [-0.3, -0.25) is 39.8 Å². The molecule has 8 bridgehead atoms. The molecule has 6 aromatic carbocycles. The van der Waals surface area contributed by atoms with Crippen LogP contribution >= 0.6 is 23.5 Å². The van der Waals surface area contributed by atoms with Gasteiger partial charge in [-0.15, -0.1) is 36.7 Å². The lowest BCUT2D eigenvalue weighted by Gasteiger charge is -2.62. The lowest BCUT2D eigenvalue weighted by atomic mass is 9.71. The highest BCUT2D eigenvalue weighted by Gasteiger charge is 2.66. The summed E-state index contributed by atoms with van der Waals surface area (Å²) in [6.45, 7) is 31.4. The van der Waals surface area contributed by atoms with Gasteiger partial charge in [-0.2, -0.15) is 10.5 Å². The Bertz CT molecular complexity index is 5980. The number of piperazine rings is 2. The fourth-order valence-electron chi connectivity index (χ4n) is 23.2. The molecule has 4 fully saturated rings. The van der Waals surface area contributed by atoms with Crippen LogP contribution in [0.15, 0.2) is 61.7 Å². The number of phenols is 3. The van der Waals surface area contributed by atoms with E-state index in [1.54, 1.807) is 72.7 Å². The number of carbonyl (C=O) groups excluding carboxylic acids is 5. The first kappa shape index (κ1) is 102. The van der Waals surface area contributed by atoms with E-state index in [-0.39, 0.29) is 103 Å². The largest absolute Gasteiger partial charge is 0.514 e. The minimum atomic E-state index is -1.47. The van der Waals surface area contributed by atoms with Gasteiger partial charge in [0.2, 0.25) is 13.6 Å². The molecule has 0 aromatic heterocycles. The first-order chi connectivity index (χ1) is 67.5. The molecule has 6 aromatic rings. The zero-order valence-electron chi connectivity index (χ0n) is 83.2. The molecule has 33 nitrogen and oxygen atoms in total. The molecule has 35 heteroatoms. The number of unbranched alkanes of at least 4 members (excludes halogenated alkanes) is 8. The van der Waals surface area contributed by atoms with E-state index in [4.69, 9.17) is 76.2 Å². The number of thioether (sulfide) groups is 2. The number of rotatable bonds is 23. The van der Waals surface area contributed by atoms with E-state index in [1.165, 1.54) is 71.2 Å². The highest BCUT2D eigenvalue weighted by molar-refractivity contribution is 7.99. The number of hydrogen-bond donors (Lipinski definition) is 6. The number of ether oxygens (including phenoxy) is 15. The summed E-state index contributed by atoms with van der Waals surface area (Å²) in [7, 11) is 5.99. The maximum Gasteiger partial charge on any atom is 0.514 e. The summed E-state index contributed by atoms with van der Waals surface area (Å²) in [5, 5.41) is 73.9. The quantitative estimate of drug-likeness (QED) is 0.00866. The smallest absolute Gasteiger partial charge is 0.507 e. The number of carbonyl (C=O) groups is 6. The number of carboxylic acids is 1. The van der Waals surface area contributed by atoms with E-state index < -0.39 is 111 Å². The van der Waals surface area contributed by atoms with Crippen LogP contribution in [0.1, 0.15) is 256 Å². The number of benzene rings is 6. The molecule has 14 heterocycles. The Labute approximate surface area is 831 Å². The van der Waals surface area contributed by atoms with Gasteiger partial charge in [0, 0.05) is 119 Å². The molecule has 6 N–H and O–H groups in total. The van der Waals surface area contributed by atoms with Crippen molar-refractivity contribution >= 4 is 59.7 Å². The summed E-state index contributed by atoms with van der Waals surface area (Å²) in [6.07, 6.45) is 14.6. The maximum atomic E-state index is 15.3. The maximum absolute atomic E-state index is 15.3. The zero-order chi connectivity index (χ0) is 101. The summed E-state index contributed by atoms with van der Waals surface area (Å²) < 4.78 is 90.0. The number of esters is 3. The van der Waals surface area contributed by atoms with Crippen molar-refractivity contribution in [2.75, 3.05) is 92.9 Å². The van der Waals surface area contributed by atoms with Crippen LogP contribution in [-0.4, -0.2) is 217 Å². The van der Waals surface area contributed by atoms with Crippen LogP contribution in [-0.2, 0) is 74.9 Å². The van der Waals surface area contributed by atoms with Crippen molar-refractivity contribution in [2.45, 2.75) is 279 Å². The van der Waals surface area contributed by atoms with Gasteiger partial charge in [0.1, 0.15) is 48.0 Å². The Balaban J connectivity index is 0.000000186. The van der Waals surface area contributed by atoms with Gasteiger partial charge >= 0.3 is 36.2 Å². The number of carboxylic acid groups (broad SMARTS) is 1. The molecule has 756 valence electrons. The molecule has 0 amide bonds. The number of nitriles is 2. The summed E-state index contributed by atoms with van der Waals surface area (Å²) in [4.78, 5) is 89.1. The molecule has 141 heavy (non-hydrogen) atoms. The van der Waals surface area contributed by atoms with E-state index in [9.17, 15) is 49.8 Å². The number of aliphatic carboxylic acids is 1. The lowest BCUT2D eigenvalue weighted by molar-refractivity contribution is -0.158. The van der Waals surface area contributed by atoms with Gasteiger partial charge in [-0.1, -0.05) is 89.5 Å². The van der Waals surface area contributed by atoms with Gasteiger partial charge < -0.3 is 91.5 Å². The standard InChI is InChI=1S/C53H64N4O12S.C45H50N4O11S.C8H16O2/c1-10-12-13-14-15-16-38(58)68-46-29(4)47-48(66-27-65-47)40-35-25-64-50(60)53(32-23-36(62-8)37(22-30(32)17-18-55-53)67-51(61)69-52(5,6)7)26-70-49(41(40)46)43-42-39-31(20-28(3)45(63-9)44(39)59)21-33(56(42)19-11-2)34(24-54)57(35)43;1-9-12-48-26-14-24-13-21(2)38(55-8)37(51)31(24)34(48)35-41-33-32(40-39(57-20-58-40)22(3)36(33)50)28(49(35)27(26)17-46)18-56-42(52)45(19-61-41)25-16-29(54-7)30(15-23(25)10-11-47-45)59-43(53)60-44(4,5)6;1-2-3-4-5-6-7-8(9)10/h11,20,22-23,33-35,42-43,49,55,59H,2,10,12-19,21,25-27H2,1,3-9H3;9,13,15-16,26-28,34-35,41,47,50-51H,1,10-12,14,18-20H2,2-8H3;2-7H2,1H3,(H,9,10)/t33-,34-,35-,42+,43?,49+,53+;26-,27-,28-,34+,35?,41+,45+;/m00./s1. The van der Waals surface area contributed by atoms with Gasteiger partial charge in [-0.05, 0) is 177 Å². The number of nitrogens with zero attached hydrogens (tertiary/aromatic N) is 6. The Morgan fingerprint density at radius 1 is 0.511 bits per heavy atom. The first-order valence-corrected chi connectivity index (χ1v) is 50.9. The molecular weight excluding hydrogens is 1850 g/mol. The monoisotopic (exact) mass is 1980 g/mol. The number of fused-ring (bicyclic) bond motifs is 18. The van der Waals surface area contributed by atoms with E-state index in [1.807, 2.05) is 45.1 Å². The average molecular weight is 1980 g/mol. The second kappa shape index (κ2) is 41.8. The van der Waals surface area contributed by atoms with Crippen molar-refractivity contribution in [3.63, 3.8) is 0 Å². The normalized spacial score (nSPS) is 25.1. The molecule has 2 unspecified atom stereocenters. The van der Waals surface area contributed by atoms with Crippen LogP contribution < -0.4 is 62.7 Å². The third-order valence-electron chi connectivity index (χ3n) is 29.1. The summed E-state index contributed by atoms with van der Waals surface area (Å²) in [6, 6.07) is 10.2. The summed E-state index contributed by atoms with van der Waals surface area (Å²) in [5.74, 6) is 1.63. The lowest BCUT2D eigenvalue weighted by Crippen LogP contribution is -2.70. The average Bonchev–Trinajstić information content (AvgIpc) is 1.59. The predicted molar refractivity (Wildman–Crippen MR) is 524 cm³/mol. The summed E-state index contributed by atoms with van der Waals surface area (Å²) in [5.41, 5.74) is 6.51. The minimum absolute atomic E-state index is 0.0161. The number of phenolic OH excluding ortho intramolecular Hbond substituents is 3. The third kappa shape index (κ3) is 18.8. The number of methoxy groups -OCH3 is 4. The van der Waals surface area contributed by atoms with Crippen molar-refractivity contribution < 1.29 is 120 Å². The van der Waals surface area contributed by atoms with E-state index in [2.05, 4.69) is 69.4 Å². The SMILES string of the molecule is C=CCN1[C@@H]2c3c(cc(C)c(OC)c3O)C[C@H]1[C@H](C#N)N1C2[C@@H]2SC[C@]3(NCCc4cc(OC(=O)OC(C)(C)C)c(OC)cc43)C(=O)OC[C@H]1c1c3c(c(C)c(O)c12)OCO3.C=CCN1[C@@H]2c3c(cc(C)c(OC)c3O)C[C@H]1[C@H](C#N)N1C2[C@@H]2SC[C@]3(NCCc4cc(OC(=O)OC(C)(C)C)c(OC)cc43)C(=O)OC[C@H]1c1c3c(c(C)c(OC(=O)CCCCCCC)c12)OCO3.CCCCCCCC(=O)O. The second-order valence-electron chi connectivity index (χ2n) is 39.9. The fourth-order valence-corrected chi connectivity index (χ4v) is 26.6. The number of aryl methyl sites for hydroxylation is 2. The van der Waals surface area contributed by atoms with Crippen molar-refractivity contribution in [3.05, 3.63) is 151 Å². The van der Waals surface area contributed by atoms with E-state index in [0.717, 1.165) is 71.9 Å². The second-order valence-corrected chi connectivity index (χ2v) is 42.2. The van der Waals surface area contributed by atoms with Crippen molar-refractivity contribution in [2.24, 2.45) is 0 Å². The highest BCUT2D eigenvalue weighted by atomic mass is 32.2. The topological polar surface area (TPSA) is 406 Å². The number of hydrogen-bond acceptors (Lipinski definition) is 34. The molecule has 2 spiro atoms.